The van der Waals surface area contributed by atoms with Crippen LogP contribution in [0, 0.1) is 21.7 Å². The number of hydrogen-bond acceptors (Lipinski definition) is 4. The normalized spacial score (nSPS) is 11.1. The van der Waals surface area contributed by atoms with Crippen LogP contribution in [0.4, 0.5) is 14.5 Å². The maximum atomic E-state index is 13.4. The Hall–Kier alpha value is -2.09. The van der Waals surface area contributed by atoms with Gasteiger partial charge in [-0.1, -0.05) is 0 Å². The Kier molecular flexibility index (Phi) is 4.17. The highest BCUT2D eigenvalue weighted by atomic mass is 35.5. The summed E-state index contributed by atoms with van der Waals surface area (Å²) in [5, 5.41) is 18.7. The van der Waals surface area contributed by atoms with Crippen LogP contribution in [-0.4, -0.2) is 19.7 Å². The number of nitro groups is 1. The number of nitro benzene ring substituents is 1. The maximum Gasteiger partial charge on any atom is 0.283 e. The monoisotopic (exact) mass is 316 g/mol. The lowest BCUT2D eigenvalue weighted by molar-refractivity contribution is -0.384. The van der Waals surface area contributed by atoms with Crippen molar-refractivity contribution >= 4 is 17.3 Å². The summed E-state index contributed by atoms with van der Waals surface area (Å²) in [7, 11) is 0. The van der Waals surface area contributed by atoms with Gasteiger partial charge in [-0.2, -0.15) is 0 Å². The van der Waals surface area contributed by atoms with Gasteiger partial charge in [-0.05, 0) is 19.9 Å². The minimum absolute atomic E-state index is 0.0443. The molecule has 0 saturated carbocycles. The number of hydrogen-bond donors (Lipinski definition) is 0. The molecular weight excluding hydrogens is 306 g/mol. The maximum absolute atomic E-state index is 13.4. The first-order valence-electron chi connectivity index (χ1n) is 6.00. The predicted molar refractivity (Wildman–Crippen MR) is 72.0 cm³/mol. The molecule has 0 bridgehead atoms. The van der Waals surface area contributed by atoms with Crippen LogP contribution in [0.1, 0.15) is 25.7 Å². The van der Waals surface area contributed by atoms with E-state index in [-0.39, 0.29) is 23.3 Å². The molecule has 21 heavy (non-hydrogen) atoms. The zero-order valence-corrected chi connectivity index (χ0v) is 11.9. The van der Waals surface area contributed by atoms with E-state index in [9.17, 15) is 18.9 Å². The van der Waals surface area contributed by atoms with Crippen LogP contribution in [0.2, 0.25) is 0 Å². The molecule has 2 aromatic rings. The minimum Gasteiger partial charge on any atom is -0.307 e. The summed E-state index contributed by atoms with van der Waals surface area (Å²) < 4.78 is 28.2. The topological polar surface area (TPSA) is 73.8 Å². The van der Waals surface area contributed by atoms with Crippen molar-refractivity contribution in [1.82, 2.24) is 14.8 Å². The molecule has 2 rings (SSSR count). The molecule has 0 atom stereocenters. The molecule has 6 nitrogen and oxygen atoms in total. The zero-order valence-electron chi connectivity index (χ0n) is 11.2. The van der Waals surface area contributed by atoms with Gasteiger partial charge in [0.2, 0.25) is 0 Å². The van der Waals surface area contributed by atoms with E-state index in [4.69, 9.17) is 11.6 Å². The van der Waals surface area contributed by atoms with Crippen molar-refractivity contribution in [1.29, 1.82) is 0 Å². The van der Waals surface area contributed by atoms with Crippen LogP contribution in [-0.2, 0) is 5.88 Å². The lowest BCUT2D eigenvalue weighted by Crippen LogP contribution is -2.08. The van der Waals surface area contributed by atoms with Gasteiger partial charge in [0.25, 0.3) is 5.69 Å². The van der Waals surface area contributed by atoms with Crippen LogP contribution in [0.3, 0.4) is 0 Å². The van der Waals surface area contributed by atoms with E-state index in [2.05, 4.69) is 10.2 Å². The summed E-state index contributed by atoms with van der Waals surface area (Å²) in [6.45, 7) is 3.60. The van der Waals surface area contributed by atoms with Crippen molar-refractivity contribution in [3.63, 3.8) is 0 Å². The van der Waals surface area contributed by atoms with E-state index < -0.39 is 22.2 Å². The number of halogens is 3. The third-order valence-corrected chi connectivity index (χ3v) is 3.12. The molecule has 0 radical (unpaired) electrons. The standard InChI is InChI=1S/C12H11ClF2N4O2/c1-6(2)18-11(5-13)16-17-12(18)7-3-8(14)9(15)4-10(7)19(20)21/h3-4,6H,5H2,1-2H3. The van der Waals surface area contributed by atoms with Gasteiger partial charge in [-0.25, -0.2) is 8.78 Å². The van der Waals surface area contributed by atoms with E-state index in [1.807, 2.05) is 0 Å². The fourth-order valence-corrected chi connectivity index (χ4v) is 2.19. The Labute approximate surface area is 123 Å². The second-order valence-electron chi connectivity index (χ2n) is 4.58. The van der Waals surface area contributed by atoms with E-state index in [1.165, 1.54) is 0 Å². The van der Waals surface area contributed by atoms with Gasteiger partial charge in [0.1, 0.15) is 11.4 Å². The molecule has 9 heteroatoms. The van der Waals surface area contributed by atoms with E-state index >= 15 is 0 Å². The molecule has 1 aromatic carbocycles. The second kappa shape index (κ2) is 5.72. The van der Waals surface area contributed by atoms with Crippen LogP contribution in [0.5, 0.6) is 0 Å². The van der Waals surface area contributed by atoms with Gasteiger partial charge in [-0.15, -0.1) is 21.8 Å². The van der Waals surface area contributed by atoms with Crippen molar-refractivity contribution in [3.05, 3.63) is 39.7 Å². The first-order valence-corrected chi connectivity index (χ1v) is 6.53. The Balaban J connectivity index is 2.75. The van der Waals surface area contributed by atoms with E-state index in [0.29, 0.717) is 11.9 Å². The van der Waals surface area contributed by atoms with Crippen LogP contribution in [0.15, 0.2) is 12.1 Å². The summed E-state index contributed by atoms with van der Waals surface area (Å²) in [5.41, 5.74) is -0.721. The van der Waals surface area contributed by atoms with Gasteiger partial charge in [0.05, 0.1) is 16.9 Å². The van der Waals surface area contributed by atoms with Crippen LogP contribution >= 0.6 is 11.6 Å². The average Bonchev–Trinajstić information content (AvgIpc) is 2.84. The van der Waals surface area contributed by atoms with E-state index in [0.717, 1.165) is 6.07 Å². The molecule has 0 saturated heterocycles. The molecule has 0 spiro atoms. The van der Waals surface area contributed by atoms with Gasteiger partial charge in [0.15, 0.2) is 17.5 Å². The Morgan fingerprint density at radius 1 is 1.33 bits per heavy atom. The fraction of sp³-hybridized carbons (Fsp3) is 0.333. The largest absolute Gasteiger partial charge is 0.307 e. The SMILES string of the molecule is CC(C)n1c(CCl)nnc1-c1cc(F)c(F)cc1[N+](=O)[O-]. The highest BCUT2D eigenvalue weighted by molar-refractivity contribution is 6.16. The highest BCUT2D eigenvalue weighted by Crippen LogP contribution is 2.32. The fourth-order valence-electron chi connectivity index (χ4n) is 2.01. The van der Waals surface area contributed by atoms with Crippen molar-refractivity contribution in [2.24, 2.45) is 0 Å². The molecule has 0 N–H and O–H groups in total. The third-order valence-electron chi connectivity index (χ3n) is 2.88. The Morgan fingerprint density at radius 2 is 1.95 bits per heavy atom. The predicted octanol–water partition coefficient (Wildman–Crippen LogP) is 3.45. The number of benzene rings is 1. The second-order valence-corrected chi connectivity index (χ2v) is 4.85. The highest BCUT2D eigenvalue weighted by Gasteiger charge is 2.25. The minimum atomic E-state index is -1.29. The van der Waals surface area contributed by atoms with E-state index in [1.54, 1.807) is 18.4 Å². The summed E-state index contributed by atoms with van der Waals surface area (Å²) in [4.78, 5) is 10.3. The first-order chi connectivity index (χ1) is 9.86. The van der Waals surface area contributed by atoms with Crippen molar-refractivity contribution in [2.75, 3.05) is 0 Å². The number of nitrogens with zero attached hydrogens (tertiary/aromatic N) is 4. The van der Waals surface area contributed by atoms with Gasteiger partial charge in [-0.3, -0.25) is 10.1 Å². The first kappa shape index (κ1) is 15.3. The molecule has 112 valence electrons. The van der Waals surface area contributed by atoms with Gasteiger partial charge >= 0.3 is 0 Å². The Morgan fingerprint density at radius 3 is 2.48 bits per heavy atom. The van der Waals surface area contributed by atoms with Crippen LogP contribution in [0.25, 0.3) is 11.4 Å². The Bertz CT molecular complexity index is 703. The van der Waals surface area contributed by atoms with Gasteiger partial charge < -0.3 is 4.57 Å². The van der Waals surface area contributed by atoms with Crippen molar-refractivity contribution in [3.8, 4) is 11.4 Å². The zero-order chi connectivity index (χ0) is 15.7. The molecular formula is C12H11ClF2N4O2. The number of aromatic nitrogens is 3. The van der Waals surface area contributed by atoms with Crippen molar-refractivity contribution < 1.29 is 13.7 Å². The van der Waals surface area contributed by atoms with Gasteiger partial charge in [0, 0.05) is 6.04 Å². The summed E-state index contributed by atoms with van der Waals surface area (Å²) in [6.07, 6.45) is 0. The molecule has 1 aromatic heterocycles. The van der Waals surface area contributed by atoms with Crippen molar-refractivity contribution in [2.45, 2.75) is 25.8 Å². The molecule has 0 aliphatic carbocycles. The summed E-state index contributed by atoms with van der Waals surface area (Å²) in [6, 6.07) is 1.12. The average molecular weight is 317 g/mol. The van der Waals surface area contributed by atoms with Crippen LogP contribution < -0.4 is 0 Å². The third kappa shape index (κ3) is 2.71. The molecule has 0 fully saturated rings. The number of alkyl halides is 1. The lowest BCUT2D eigenvalue weighted by Gasteiger charge is -2.13. The quantitative estimate of drug-likeness (QED) is 0.492. The molecule has 0 unspecified atom stereocenters. The number of rotatable bonds is 4. The molecule has 0 aliphatic rings. The molecule has 0 aliphatic heterocycles. The molecule has 1 heterocycles. The lowest BCUT2D eigenvalue weighted by atomic mass is 10.1. The summed E-state index contributed by atoms with van der Waals surface area (Å²) in [5.74, 6) is -1.98. The summed E-state index contributed by atoms with van der Waals surface area (Å²) >= 11 is 5.74. The smallest absolute Gasteiger partial charge is 0.283 e. The molecule has 0 amide bonds.